The molecule has 1 aliphatic heterocycles. The van der Waals surface area contributed by atoms with E-state index in [9.17, 15) is 9.59 Å². The minimum absolute atomic E-state index is 0.0115. The van der Waals surface area contributed by atoms with Crippen LogP contribution in [0.4, 0.5) is 4.79 Å². The van der Waals surface area contributed by atoms with Gasteiger partial charge in [0.25, 0.3) is 5.91 Å². The van der Waals surface area contributed by atoms with Crippen molar-refractivity contribution in [3.63, 3.8) is 0 Å². The van der Waals surface area contributed by atoms with Crippen LogP contribution in [-0.2, 0) is 4.74 Å². The predicted molar refractivity (Wildman–Crippen MR) is 99.0 cm³/mol. The lowest BCUT2D eigenvalue weighted by molar-refractivity contribution is 0.0570. The van der Waals surface area contributed by atoms with Gasteiger partial charge < -0.3 is 14.5 Å². The summed E-state index contributed by atoms with van der Waals surface area (Å²) in [5.41, 5.74) is 1.81. The van der Waals surface area contributed by atoms with Gasteiger partial charge in [-0.05, 0) is 43.7 Å². The Balaban J connectivity index is 1.61. The van der Waals surface area contributed by atoms with E-state index in [1.54, 1.807) is 28.1 Å². The monoisotopic (exact) mass is 358 g/mol. The number of rotatable bonds is 3. The zero-order valence-corrected chi connectivity index (χ0v) is 15.3. The van der Waals surface area contributed by atoms with Crippen molar-refractivity contribution in [1.29, 1.82) is 0 Å². The number of aryl methyl sites for hydroxylation is 1. The molecule has 2 amide bonds. The third-order valence-electron chi connectivity index (χ3n) is 4.25. The van der Waals surface area contributed by atoms with Gasteiger partial charge in [-0.25, -0.2) is 4.79 Å². The van der Waals surface area contributed by atoms with Gasteiger partial charge in [0.05, 0.1) is 6.61 Å². The number of carbonyl (C=O) groups is 2. The van der Waals surface area contributed by atoms with Crippen molar-refractivity contribution >= 4 is 23.3 Å². The molecule has 3 rings (SSSR count). The lowest BCUT2D eigenvalue weighted by atomic mass is 10.1. The number of hydrogen-bond acceptors (Lipinski definition) is 4. The maximum absolute atomic E-state index is 12.6. The summed E-state index contributed by atoms with van der Waals surface area (Å²) in [6.45, 7) is 6.33. The van der Waals surface area contributed by atoms with Crippen LogP contribution in [0, 0.1) is 6.92 Å². The van der Waals surface area contributed by atoms with E-state index < -0.39 is 0 Å². The molecule has 1 aromatic heterocycles. The van der Waals surface area contributed by atoms with Crippen molar-refractivity contribution in [2.24, 2.45) is 0 Å². The lowest BCUT2D eigenvalue weighted by Crippen LogP contribution is -2.50. The van der Waals surface area contributed by atoms with Gasteiger partial charge in [0, 0.05) is 41.5 Å². The van der Waals surface area contributed by atoms with Crippen LogP contribution < -0.4 is 0 Å². The van der Waals surface area contributed by atoms with E-state index in [-0.39, 0.29) is 12.0 Å². The number of benzene rings is 1. The lowest BCUT2D eigenvalue weighted by Gasteiger charge is -2.34. The first-order chi connectivity index (χ1) is 12.1. The fourth-order valence-electron chi connectivity index (χ4n) is 2.86. The van der Waals surface area contributed by atoms with E-state index in [1.165, 1.54) is 9.75 Å². The summed E-state index contributed by atoms with van der Waals surface area (Å²) in [4.78, 5) is 30.3. The molecule has 1 saturated heterocycles. The Labute approximate surface area is 151 Å². The molecule has 2 heterocycles. The first kappa shape index (κ1) is 17.5. The summed E-state index contributed by atoms with van der Waals surface area (Å²) in [6, 6.07) is 11.9. The second-order valence-electron chi connectivity index (χ2n) is 5.97. The van der Waals surface area contributed by atoms with Crippen molar-refractivity contribution in [2.45, 2.75) is 13.8 Å². The van der Waals surface area contributed by atoms with Crippen LogP contribution in [0.3, 0.4) is 0 Å². The number of piperazine rings is 1. The van der Waals surface area contributed by atoms with Crippen LogP contribution in [0.25, 0.3) is 10.4 Å². The highest BCUT2D eigenvalue weighted by Crippen LogP contribution is 2.27. The van der Waals surface area contributed by atoms with Gasteiger partial charge in [-0.1, -0.05) is 12.1 Å². The molecule has 0 N–H and O–H groups in total. The summed E-state index contributed by atoms with van der Waals surface area (Å²) < 4.78 is 5.00. The van der Waals surface area contributed by atoms with Gasteiger partial charge in [-0.15, -0.1) is 11.3 Å². The molecule has 132 valence electrons. The topological polar surface area (TPSA) is 49.9 Å². The molecule has 2 aromatic rings. The highest BCUT2D eigenvalue weighted by atomic mass is 32.1. The quantitative estimate of drug-likeness (QED) is 0.842. The Morgan fingerprint density at radius 1 is 1.00 bits per heavy atom. The summed E-state index contributed by atoms with van der Waals surface area (Å²) in [5.74, 6) is 0.0115. The summed E-state index contributed by atoms with van der Waals surface area (Å²) in [5, 5.41) is 0. The van der Waals surface area contributed by atoms with Crippen LogP contribution in [0.2, 0.25) is 0 Å². The Hall–Kier alpha value is -2.34. The Bertz CT molecular complexity index is 746. The number of nitrogens with zero attached hydrogens (tertiary/aromatic N) is 2. The standard InChI is InChI=1S/C19H22N2O3S/c1-3-24-19(23)21-12-10-20(11-13-21)18(22)16-7-5-15(6-8-16)17-9-4-14(2)25-17/h4-9H,3,10-13H2,1-2H3. The van der Waals surface area contributed by atoms with Gasteiger partial charge >= 0.3 is 6.09 Å². The molecule has 1 fully saturated rings. The summed E-state index contributed by atoms with van der Waals surface area (Å²) >= 11 is 1.75. The van der Waals surface area contributed by atoms with E-state index in [4.69, 9.17) is 4.74 Å². The number of carbonyl (C=O) groups excluding carboxylic acids is 2. The molecule has 0 spiro atoms. The van der Waals surface area contributed by atoms with Crippen LogP contribution >= 0.6 is 11.3 Å². The minimum atomic E-state index is -0.301. The molecule has 0 aliphatic carbocycles. The average Bonchev–Trinajstić information content (AvgIpc) is 3.08. The molecule has 25 heavy (non-hydrogen) atoms. The van der Waals surface area contributed by atoms with Gasteiger partial charge in [0.2, 0.25) is 0 Å². The van der Waals surface area contributed by atoms with Crippen molar-refractivity contribution < 1.29 is 14.3 Å². The van der Waals surface area contributed by atoms with Gasteiger partial charge in [0.1, 0.15) is 0 Å². The fourth-order valence-corrected chi connectivity index (χ4v) is 3.73. The Morgan fingerprint density at radius 2 is 1.64 bits per heavy atom. The van der Waals surface area contributed by atoms with Crippen LogP contribution in [0.5, 0.6) is 0 Å². The van der Waals surface area contributed by atoms with E-state index >= 15 is 0 Å². The molecular weight excluding hydrogens is 336 g/mol. The second-order valence-corrected chi connectivity index (χ2v) is 7.25. The van der Waals surface area contributed by atoms with Crippen molar-refractivity contribution in [3.05, 3.63) is 46.8 Å². The number of hydrogen-bond donors (Lipinski definition) is 0. The molecule has 1 aromatic carbocycles. The van der Waals surface area contributed by atoms with Crippen molar-refractivity contribution in [1.82, 2.24) is 9.80 Å². The molecule has 5 nitrogen and oxygen atoms in total. The predicted octanol–water partition coefficient (Wildman–Crippen LogP) is 3.64. The highest BCUT2D eigenvalue weighted by molar-refractivity contribution is 7.15. The number of ether oxygens (including phenoxy) is 1. The van der Waals surface area contributed by atoms with E-state index in [2.05, 4.69) is 19.1 Å². The molecule has 6 heteroatoms. The van der Waals surface area contributed by atoms with Crippen molar-refractivity contribution in [2.75, 3.05) is 32.8 Å². The van der Waals surface area contributed by atoms with E-state index in [0.29, 0.717) is 38.3 Å². The number of amides is 2. The first-order valence-electron chi connectivity index (χ1n) is 8.46. The smallest absolute Gasteiger partial charge is 0.409 e. The molecular formula is C19H22N2O3S. The van der Waals surface area contributed by atoms with Crippen LogP contribution in [-0.4, -0.2) is 54.6 Å². The van der Waals surface area contributed by atoms with Crippen LogP contribution in [0.1, 0.15) is 22.2 Å². The average molecular weight is 358 g/mol. The summed E-state index contributed by atoms with van der Waals surface area (Å²) in [6.07, 6.45) is -0.301. The van der Waals surface area contributed by atoms with E-state index in [1.807, 2.05) is 24.3 Å². The van der Waals surface area contributed by atoms with Crippen LogP contribution in [0.15, 0.2) is 36.4 Å². The Kier molecular flexibility index (Phi) is 5.38. The minimum Gasteiger partial charge on any atom is -0.450 e. The highest BCUT2D eigenvalue weighted by Gasteiger charge is 2.25. The molecule has 0 saturated carbocycles. The zero-order chi connectivity index (χ0) is 17.8. The SMILES string of the molecule is CCOC(=O)N1CCN(C(=O)c2ccc(-c3ccc(C)s3)cc2)CC1. The molecule has 0 atom stereocenters. The van der Waals surface area contributed by atoms with Gasteiger partial charge in [0.15, 0.2) is 0 Å². The molecule has 0 radical (unpaired) electrons. The first-order valence-corrected chi connectivity index (χ1v) is 9.28. The third kappa shape index (κ3) is 4.02. The van der Waals surface area contributed by atoms with Gasteiger partial charge in [-0.3, -0.25) is 4.79 Å². The molecule has 1 aliphatic rings. The molecule has 0 unspecified atom stereocenters. The van der Waals surface area contributed by atoms with Gasteiger partial charge in [-0.2, -0.15) is 0 Å². The Morgan fingerprint density at radius 3 is 2.20 bits per heavy atom. The van der Waals surface area contributed by atoms with Crippen molar-refractivity contribution in [3.8, 4) is 10.4 Å². The fraction of sp³-hybridized carbons (Fsp3) is 0.368. The second kappa shape index (κ2) is 7.70. The molecule has 0 bridgehead atoms. The maximum Gasteiger partial charge on any atom is 0.409 e. The van der Waals surface area contributed by atoms with E-state index in [0.717, 1.165) is 5.56 Å². The normalized spacial score (nSPS) is 14.5. The third-order valence-corrected chi connectivity index (χ3v) is 5.30. The largest absolute Gasteiger partial charge is 0.450 e. The maximum atomic E-state index is 12.6. The zero-order valence-electron chi connectivity index (χ0n) is 14.5. The summed E-state index contributed by atoms with van der Waals surface area (Å²) in [7, 11) is 0. The number of thiophene rings is 1.